The predicted octanol–water partition coefficient (Wildman–Crippen LogP) is -0.843. The molecule has 0 radical (unpaired) electrons. The molecule has 1 aromatic heterocycles. The van der Waals surface area contributed by atoms with E-state index in [0.29, 0.717) is 0 Å². The largest absolute Gasteiger partial charge is 0.396 e. The van der Waals surface area contributed by atoms with E-state index in [1.54, 1.807) is 0 Å². The fourth-order valence-corrected chi connectivity index (χ4v) is 1.15. The van der Waals surface area contributed by atoms with E-state index >= 15 is 0 Å². The molecular weight excluding hydrogens is 203 g/mol. The predicted molar refractivity (Wildman–Crippen MR) is 52.0 cm³/mol. The van der Waals surface area contributed by atoms with Gasteiger partial charge in [0.2, 0.25) is 0 Å². The first-order valence-electron chi connectivity index (χ1n) is 4.47. The Labute approximate surface area is 85.9 Å². The molecular formula is C8H13FN4O2. The molecule has 6 nitrogen and oxygen atoms in total. The van der Waals surface area contributed by atoms with Crippen LogP contribution in [0.25, 0.3) is 0 Å². The number of halogens is 1. The lowest BCUT2D eigenvalue weighted by Gasteiger charge is -2.06. The first kappa shape index (κ1) is 11.4. The summed E-state index contributed by atoms with van der Waals surface area (Å²) in [4.78, 5) is 11.5. The number of amides is 1. The highest BCUT2D eigenvalue weighted by atomic mass is 19.1. The number of hydrogen-bond donors (Lipinski definition) is 3. The Bertz CT molecular complexity index is 339. The Morgan fingerprint density at radius 2 is 2.47 bits per heavy atom. The van der Waals surface area contributed by atoms with Crippen molar-refractivity contribution < 1.29 is 14.3 Å². The van der Waals surface area contributed by atoms with Crippen molar-refractivity contribution in [2.75, 3.05) is 25.6 Å². The first-order chi connectivity index (χ1) is 7.20. The van der Waals surface area contributed by atoms with Gasteiger partial charge in [0, 0.05) is 6.54 Å². The summed E-state index contributed by atoms with van der Waals surface area (Å²) in [5.41, 5.74) is 5.83. The van der Waals surface area contributed by atoms with Crippen molar-refractivity contribution in [2.24, 2.45) is 0 Å². The number of carbonyl (C=O) groups excluding carboxylic acids is 1. The van der Waals surface area contributed by atoms with Crippen LogP contribution < -0.4 is 11.1 Å². The summed E-state index contributed by atoms with van der Waals surface area (Å²) in [6, 6.07) is 0. The van der Waals surface area contributed by atoms with Crippen LogP contribution >= 0.6 is 0 Å². The molecule has 1 heterocycles. The average Bonchev–Trinajstić information content (AvgIpc) is 2.57. The first-order valence-corrected chi connectivity index (χ1v) is 4.47. The molecule has 0 atom stereocenters. The number of nitrogen functional groups attached to an aromatic ring is 1. The molecule has 84 valence electrons. The number of carbonyl (C=O) groups is 1. The van der Waals surface area contributed by atoms with E-state index in [9.17, 15) is 9.18 Å². The Hall–Kier alpha value is -1.63. The number of rotatable bonds is 5. The van der Waals surface area contributed by atoms with E-state index in [4.69, 9.17) is 10.8 Å². The molecule has 0 aliphatic heterocycles. The second-order valence-corrected chi connectivity index (χ2v) is 2.84. The number of aliphatic hydroxyl groups is 1. The van der Waals surface area contributed by atoms with Crippen LogP contribution in [0, 0.1) is 0 Å². The number of aryl methyl sites for hydroxylation is 1. The van der Waals surface area contributed by atoms with Crippen LogP contribution in [0.3, 0.4) is 0 Å². The number of hydrogen-bond acceptors (Lipinski definition) is 4. The molecule has 1 amide bonds. The topological polar surface area (TPSA) is 93.2 Å². The number of aromatic nitrogens is 2. The highest BCUT2D eigenvalue weighted by Crippen LogP contribution is 2.10. The van der Waals surface area contributed by atoms with Crippen molar-refractivity contribution in [3.8, 4) is 0 Å². The van der Waals surface area contributed by atoms with Gasteiger partial charge in [-0.1, -0.05) is 0 Å². The third-order valence-electron chi connectivity index (χ3n) is 1.78. The van der Waals surface area contributed by atoms with Crippen LogP contribution in [0.15, 0.2) is 6.20 Å². The van der Waals surface area contributed by atoms with Gasteiger partial charge < -0.3 is 16.2 Å². The molecule has 0 bridgehead atoms. The molecule has 1 aromatic rings. The van der Waals surface area contributed by atoms with Gasteiger partial charge in [-0.3, -0.25) is 9.48 Å². The SMILES string of the molecule is Nc1cnn(CCF)c1C(=O)NCCO. The molecule has 0 unspecified atom stereocenters. The van der Waals surface area contributed by atoms with Crippen LogP contribution in [-0.2, 0) is 6.54 Å². The van der Waals surface area contributed by atoms with Crippen molar-refractivity contribution in [3.63, 3.8) is 0 Å². The summed E-state index contributed by atoms with van der Waals surface area (Å²) >= 11 is 0. The summed E-state index contributed by atoms with van der Waals surface area (Å²) in [6.45, 7) is -0.678. The van der Waals surface area contributed by atoms with Crippen LogP contribution in [0.2, 0.25) is 0 Å². The fourth-order valence-electron chi connectivity index (χ4n) is 1.15. The number of aliphatic hydroxyl groups excluding tert-OH is 1. The average molecular weight is 216 g/mol. The van der Waals surface area contributed by atoms with Gasteiger partial charge in [0.05, 0.1) is 25.0 Å². The van der Waals surface area contributed by atoms with E-state index in [0.717, 1.165) is 0 Å². The fraction of sp³-hybridized carbons (Fsp3) is 0.500. The second kappa shape index (κ2) is 5.30. The zero-order chi connectivity index (χ0) is 11.3. The van der Waals surface area contributed by atoms with Gasteiger partial charge in [0.25, 0.3) is 5.91 Å². The lowest BCUT2D eigenvalue weighted by molar-refractivity contribution is 0.0934. The van der Waals surface area contributed by atoms with Gasteiger partial charge in [-0.25, -0.2) is 4.39 Å². The van der Waals surface area contributed by atoms with Crippen molar-refractivity contribution in [2.45, 2.75) is 6.54 Å². The maximum absolute atomic E-state index is 12.1. The smallest absolute Gasteiger partial charge is 0.271 e. The third kappa shape index (κ3) is 2.66. The second-order valence-electron chi connectivity index (χ2n) is 2.84. The quantitative estimate of drug-likeness (QED) is 0.598. The van der Waals surface area contributed by atoms with Crippen molar-refractivity contribution in [1.29, 1.82) is 0 Å². The van der Waals surface area contributed by atoms with E-state index < -0.39 is 12.6 Å². The molecule has 0 fully saturated rings. The van der Waals surface area contributed by atoms with Gasteiger partial charge in [-0.05, 0) is 0 Å². The zero-order valence-corrected chi connectivity index (χ0v) is 8.11. The van der Waals surface area contributed by atoms with Gasteiger partial charge >= 0.3 is 0 Å². The Morgan fingerprint density at radius 3 is 3.07 bits per heavy atom. The summed E-state index contributed by atoms with van der Waals surface area (Å²) in [6.07, 6.45) is 1.30. The van der Waals surface area contributed by atoms with Crippen molar-refractivity contribution in [3.05, 3.63) is 11.9 Å². The summed E-state index contributed by atoms with van der Waals surface area (Å²) in [7, 11) is 0. The summed E-state index contributed by atoms with van der Waals surface area (Å²) in [5.74, 6) is -0.465. The van der Waals surface area contributed by atoms with Gasteiger partial charge in [0.1, 0.15) is 12.4 Å². The number of nitrogens with two attached hydrogens (primary N) is 1. The molecule has 1 rings (SSSR count). The number of anilines is 1. The van der Waals surface area contributed by atoms with Crippen molar-refractivity contribution in [1.82, 2.24) is 15.1 Å². The molecule has 0 saturated heterocycles. The zero-order valence-electron chi connectivity index (χ0n) is 8.11. The van der Waals surface area contributed by atoms with E-state index in [-0.39, 0.29) is 31.1 Å². The maximum atomic E-state index is 12.1. The minimum absolute atomic E-state index is 0.0148. The van der Waals surface area contributed by atoms with Crippen LogP contribution in [-0.4, -0.2) is 40.6 Å². The van der Waals surface area contributed by atoms with Crippen LogP contribution in [0.1, 0.15) is 10.5 Å². The van der Waals surface area contributed by atoms with E-state index in [1.807, 2.05) is 0 Å². The minimum atomic E-state index is -0.624. The van der Waals surface area contributed by atoms with Gasteiger partial charge in [-0.2, -0.15) is 5.10 Å². The number of nitrogens with one attached hydrogen (secondary N) is 1. The lowest BCUT2D eigenvalue weighted by Crippen LogP contribution is -2.29. The van der Waals surface area contributed by atoms with Crippen molar-refractivity contribution >= 4 is 11.6 Å². The van der Waals surface area contributed by atoms with E-state index in [2.05, 4.69) is 10.4 Å². The standard InChI is InChI=1S/C8H13FN4O2/c9-1-3-13-7(6(10)5-12-13)8(15)11-2-4-14/h5,14H,1-4,10H2,(H,11,15). The van der Waals surface area contributed by atoms with Gasteiger partial charge in [0.15, 0.2) is 0 Å². The Morgan fingerprint density at radius 1 is 1.73 bits per heavy atom. The third-order valence-corrected chi connectivity index (χ3v) is 1.78. The molecule has 0 aromatic carbocycles. The highest BCUT2D eigenvalue weighted by Gasteiger charge is 2.15. The Kier molecular flexibility index (Phi) is 4.04. The van der Waals surface area contributed by atoms with E-state index in [1.165, 1.54) is 10.9 Å². The Balaban J connectivity index is 2.80. The monoisotopic (exact) mass is 216 g/mol. The molecule has 0 spiro atoms. The van der Waals surface area contributed by atoms with Gasteiger partial charge in [-0.15, -0.1) is 0 Å². The van der Waals surface area contributed by atoms with Crippen LogP contribution in [0.4, 0.5) is 10.1 Å². The molecule has 15 heavy (non-hydrogen) atoms. The minimum Gasteiger partial charge on any atom is -0.396 e. The molecule has 0 aliphatic rings. The normalized spacial score (nSPS) is 10.3. The molecule has 0 saturated carbocycles. The summed E-state index contributed by atoms with van der Waals surface area (Å²) < 4.78 is 13.3. The molecule has 4 N–H and O–H groups in total. The maximum Gasteiger partial charge on any atom is 0.271 e. The number of nitrogens with zero attached hydrogens (tertiary/aromatic N) is 2. The van der Waals surface area contributed by atoms with Crippen LogP contribution in [0.5, 0.6) is 0 Å². The number of alkyl halides is 1. The molecule has 7 heteroatoms. The molecule has 0 aliphatic carbocycles. The lowest BCUT2D eigenvalue weighted by atomic mass is 10.3. The highest BCUT2D eigenvalue weighted by molar-refractivity contribution is 5.97. The summed E-state index contributed by atoms with van der Waals surface area (Å²) in [5, 5.41) is 14.7.